The number of carboxylic acids is 1. The average Bonchev–Trinajstić information content (AvgIpc) is 2.97. The first-order valence-corrected chi connectivity index (χ1v) is 11.5. The van der Waals surface area contributed by atoms with Crippen LogP contribution in [0.5, 0.6) is 0 Å². The molecule has 1 aromatic carbocycles. The maximum atomic E-state index is 12.5. The third-order valence-electron chi connectivity index (χ3n) is 4.02. The van der Waals surface area contributed by atoms with Crippen molar-refractivity contribution in [1.29, 1.82) is 0 Å². The van der Waals surface area contributed by atoms with Crippen molar-refractivity contribution >= 4 is 63.9 Å². The summed E-state index contributed by atoms with van der Waals surface area (Å²) in [7, 11) is 0. The molecule has 1 aromatic rings. The second kappa shape index (κ2) is 11.8. The number of hydrogen-bond donors (Lipinski definition) is 2. The lowest BCUT2D eigenvalue weighted by Crippen LogP contribution is -2.42. The highest BCUT2D eigenvalue weighted by Crippen LogP contribution is 2.31. The van der Waals surface area contributed by atoms with Gasteiger partial charge in [-0.15, -0.1) is 0 Å². The van der Waals surface area contributed by atoms with Gasteiger partial charge in [-0.3, -0.25) is 14.5 Å². The van der Waals surface area contributed by atoms with Crippen LogP contribution >= 0.6 is 35.7 Å². The lowest BCUT2D eigenvalue weighted by Gasteiger charge is -2.17. The van der Waals surface area contributed by atoms with Crippen LogP contribution in [0.1, 0.15) is 18.4 Å². The summed E-state index contributed by atoms with van der Waals surface area (Å²) in [5.41, 5.74) is 1.02. The van der Waals surface area contributed by atoms with Gasteiger partial charge in [0.1, 0.15) is 10.4 Å². The van der Waals surface area contributed by atoms with Gasteiger partial charge in [0, 0.05) is 13.0 Å². The molecule has 0 bridgehead atoms. The molecule has 1 saturated heterocycles. The van der Waals surface area contributed by atoms with E-state index in [-0.39, 0.29) is 18.9 Å². The molecule has 1 aliphatic heterocycles. The standard InChI is InChI=1S/C20H22N2O4S3/c1-28-13-11-15(19(25)26)21-17(23)10-12-22-18(24)16(29-20(22)27)9-5-8-14-6-3-2-4-7-14/h2-9,15H,10-13H2,1H3,(H,21,23)(H,25,26)/b8-5+,16-9+/t15-/m1/s1. The summed E-state index contributed by atoms with van der Waals surface area (Å²) in [6, 6.07) is 8.78. The lowest BCUT2D eigenvalue weighted by atomic mass is 10.2. The minimum Gasteiger partial charge on any atom is -0.480 e. The number of nitrogens with one attached hydrogen (secondary N) is 1. The zero-order valence-electron chi connectivity index (χ0n) is 15.9. The Kier molecular flexibility index (Phi) is 9.43. The van der Waals surface area contributed by atoms with Gasteiger partial charge < -0.3 is 10.4 Å². The number of aliphatic carboxylic acids is 1. The van der Waals surface area contributed by atoms with Crippen LogP contribution in [0.2, 0.25) is 0 Å². The van der Waals surface area contributed by atoms with E-state index in [0.717, 1.165) is 5.56 Å². The molecule has 1 aliphatic rings. The van der Waals surface area contributed by atoms with Crippen LogP contribution in [0.25, 0.3) is 6.08 Å². The molecule has 0 saturated carbocycles. The number of nitrogens with zero attached hydrogens (tertiary/aromatic N) is 1. The summed E-state index contributed by atoms with van der Waals surface area (Å²) < 4.78 is 0.388. The first-order valence-electron chi connectivity index (χ1n) is 8.90. The third kappa shape index (κ3) is 7.34. The Morgan fingerprint density at radius 1 is 1.34 bits per heavy atom. The van der Waals surface area contributed by atoms with Crippen molar-refractivity contribution in [2.75, 3.05) is 18.6 Å². The molecule has 0 radical (unpaired) electrons. The zero-order chi connectivity index (χ0) is 21.2. The molecule has 9 heteroatoms. The zero-order valence-corrected chi connectivity index (χ0v) is 18.3. The van der Waals surface area contributed by atoms with E-state index < -0.39 is 17.9 Å². The maximum absolute atomic E-state index is 12.5. The van der Waals surface area contributed by atoms with Gasteiger partial charge in [0.2, 0.25) is 5.91 Å². The van der Waals surface area contributed by atoms with Gasteiger partial charge in [-0.25, -0.2) is 4.79 Å². The quantitative estimate of drug-likeness (QED) is 0.418. The van der Waals surface area contributed by atoms with Gasteiger partial charge in [0.05, 0.1) is 4.91 Å². The number of hydrogen-bond acceptors (Lipinski definition) is 6. The van der Waals surface area contributed by atoms with E-state index in [4.69, 9.17) is 12.2 Å². The number of carboxylic acid groups (broad SMARTS) is 1. The van der Waals surface area contributed by atoms with Gasteiger partial charge in [0.25, 0.3) is 5.91 Å². The Morgan fingerprint density at radius 3 is 2.72 bits per heavy atom. The summed E-state index contributed by atoms with van der Waals surface area (Å²) >= 11 is 7.95. The number of rotatable bonds is 10. The number of thiocarbonyl (C=S) groups is 1. The Hall–Kier alpha value is -2.10. The first-order chi connectivity index (χ1) is 13.9. The molecule has 0 spiro atoms. The number of allylic oxidation sites excluding steroid dienone is 2. The maximum Gasteiger partial charge on any atom is 0.326 e. The van der Waals surface area contributed by atoms with Crippen molar-refractivity contribution in [2.24, 2.45) is 0 Å². The molecule has 154 valence electrons. The SMILES string of the molecule is CSCC[C@@H](NC(=O)CCN1C(=O)/C(=C\C=C\c2ccccc2)SC1=S)C(=O)O. The number of carbonyl (C=O) groups excluding carboxylic acids is 2. The minimum absolute atomic E-state index is 0.0113. The van der Waals surface area contributed by atoms with Crippen molar-refractivity contribution in [3.05, 3.63) is 53.0 Å². The number of carbonyl (C=O) groups is 3. The van der Waals surface area contributed by atoms with E-state index in [9.17, 15) is 19.5 Å². The molecular weight excluding hydrogens is 428 g/mol. The second-order valence-electron chi connectivity index (χ2n) is 6.12. The van der Waals surface area contributed by atoms with Gasteiger partial charge in [-0.05, 0) is 30.1 Å². The fraction of sp³-hybridized carbons (Fsp3) is 0.300. The van der Waals surface area contributed by atoms with Crippen molar-refractivity contribution in [2.45, 2.75) is 18.9 Å². The molecule has 0 aliphatic carbocycles. The molecule has 0 aromatic heterocycles. The Morgan fingerprint density at radius 2 is 2.07 bits per heavy atom. The number of amides is 2. The van der Waals surface area contributed by atoms with Gasteiger partial charge in [0.15, 0.2) is 0 Å². The van der Waals surface area contributed by atoms with Crippen LogP contribution in [0.4, 0.5) is 0 Å². The van der Waals surface area contributed by atoms with E-state index in [2.05, 4.69) is 5.32 Å². The van der Waals surface area contributed by atoms with Gasteiger partial charge in [-0.1, -0.05) is 66.5 Å². The molecule has 2 N–H and O–H groups in total. The average molecular weight is 451 g/mol. The van der Waals surface area contributed by atoms with Crippen LogP contribution in [-0.4, -0.2) is 56.7 Å². The van der Waals surface area contributed by atoms with E-state index in [1.165, 1.54) is 28.4 Å². The summed E-state index contributed by atoms with van der Waals surface area (Å²) in [4.78, 5) is 37.7. The molecule has 29 heavy (non-hydrogen) atoms. The summed E-state index contributed by atoms with van der Waals surface area (Å²) in [6.07, 6.45) is 7.59. The smallest absolute Gasteiger partial charge is 0.326 e. The first kappa shape index (κ1) is 23.2. The number of benzene rings is 1. The predicted octanol–water partition coefficient (Wildman–Crippen LogP) is 3.16. The Bertz CT molecular complexity index is 824. The van der Waals surface area contributed by atoms with Crippen molar-refractivity contribution in [3.8, 4) is 0 Å². The van der Waals surface area contributed by atoms with Gasteiger partial charge >= 0.3 is 5.97 Å². The second-order valence-corrected chi connectivity index (χ2v) is 8.78. The van der Waals surface area contributed by atoms with E-state index in [1.807, 2.05) is 42.7 Å². The van der Waals surface area contributed by atoms with Crippen molar-refractivity contribution in [1.82, 2.24) is 10.2 Å². The van der Waals surface area contributed by atoms with Crippen molar-refractivity contribution in [3.63, 3.8) is 0 Å². The molecule has 1 atom stereocenters. The molecule has 6 nitrogen and oxygen atoms in total. The Balaban J connectivity index is 1.89. The third-order valence-corrected chi connectivity index (χ3v) is 6.06. The minimum atomic E-state index is -1.06. The molecule has 1 heterocycles. The topological polar surface area (TPSA) is 86.7 Å². The van der Waals surface area contributed by atoms with Gasteiger partial charge in [-0.2, -0.15) is 11.8 Å². The molecule has 2 rings (SSSR count). The molecular formula is C20H22N2O4S3. The van der Waals surface area contributed by atoms with Crippen LogP contribution < -0.4 is 5.32 Å². The molecule has 2 amide bonds. The fourth-order valence-corrected chi connectivity index (χ4v) is 4.22. The van der Waals surface area contributed by atoms with Crippen LogP contribution in [-0.2, 0) is 14.4 Å². The predicted molar refractivity (Wildman–Crippen MR) is 123 cm³/mol. The summed E-state index contributed by atoms with van der Waals surface area (Å²) in [6.45, 7) is 0.116. The molecule has 1 fully saturated rings. The molecule has 0 unspecified atom stereocenters. The Labute approximate surface area is 183 Å². The normalized spacial score (nSPS) is 16.6. The van der Waals surface area contributed by atoms with Crippen molar-refractivity contribution < 1.29 is 19.5 Å². The largest absolute Gasteiger partial charge is 0.480 e. The van der Waals surface area contributed by atoms with E-state index >= 15 is 0 Å². The fourth-order valence-electron chi connectivity index (χ4n) is 2.49. The number of thioether (sulfide) groups is 2. The highest BCUT2D eigenvalue weighted by molar-refractivity contribution is 8.26. The highest BCUT2D eigenvalue weighted by atomic mass is 32.2. The lowest BCUT2D eigenvalue weighted by molar-refractivity contribution is -0.142. The monoisotopic (exact) mass is 450 g/mol. The van der Waals surface area contributed by atoms with Crippen LogP contribution in [0, 0.1) is 0 Å². The van der Waals surface area contributed by atoms with Crippen LogP contribution in [0.15, 0.2) is 47.4 Å². The highest BCUT2D eigenvalue weighted by Gasteiger charge is 2.32. The van der Waals surface area contributed by atoms with E-state index in [0.29, 0.717) is 21.4 Å². The van der Waals surface area contributed by atoms with E-state index in [1.54, 1.807) is 12.2 Å². The van der Waals surface area contributed by atoms with Crippen LogP contribution in [0.3, 0.4) is 0 Å². The summed E-state index contributed by atoms with van der Waals surface area (Å²) in [5.74, 6) is -1.10. The summed E-state index contributed by atoms with van der Waals surface area (Å²) in [5, 5.41) is 11.7.